The van der Waals surface area contributed by atoms with Crippen molar-refractivity contribution in [2.75, 3.05) is 23.0 Å². The zero-order valence-corrected chi connectivity index (χ0v) is 37.5. The van der Waals surface area contributed by atoms with Crippen LogP contribution in [-0.4, -0.2) is 50.9 Å². The molecule has 2 unspecified atom stereocenters. The molecule has 0 aliphatic carbocycles. The third kappa shape index (κ3) is 42.5. The molecule has 0 aromatic rings. The van der Waals surface area contributed by atoms with Crippen molar-refractivity contribution in [2.24, 2.45) is 11.8 Å². The summed E-state index contributed by atoms with van der Waals surface area (Å²) in [6.45, 7) is 4.56. The number of carbonyl (C=O) groups excluding carboxylic acids is 1. The molecule has 0 spiro atoms. The lowest BCUT2D eigenvalue weighted by Gasteiger charge is -2.17. The molecule has 0 saturated heterocycles. The summed E-state index contributed by atoms with van der Waals surface area (Å²) in [7, 11) is 0. The van der Waals surface area contributed by atoms with E-state index < -0.39 is 11.9 Å². The van der Waals surface area contributed by atoms with E-state index >= 15 is 0 Å². The maximum atomic E-state index is 12.7. The van der Waals surface area contributed by atoms with Gasteiger partial charge in [-0.2, -0.15) is 23.5 Å². The second-order valence-electron chi connectivity index (χ2n) is 16.6. The Labute approximate surface area is 344 Å². The van der Waals surface area contributed by atoms with Gasteiger partial charge in [0.25, 0.3) is 0 Å². The first-order valence-electron chi connectivity index (χ1n) is 23.5. The smallest absolute Gasteiger partial charge is 0.303 e. The van der Waals surface area contributed by atoms with Gasteiger partial charge >= 0.3 is 11.9 Å². The van der Waals surface area contributed by atoms with Gasteiger partial charge in [0.2, 0.25) is 0 Å². The molecule has 0 amide bonds. The van der Waals surface area contributed by atoms with E-state index in [1.54, 1.807) is 0 Å². The summed E-state index contributed by atoms with van der Waals surface area (Å²) in [5.74, 6) is 6.00. The molecule has 0 rings (SSSR count). The van der Waals surface area contributed by atoms with Crippen LogP contribution >= 0.6 is 23.5 Å². The van der Waals surface area contributed by atoms with Crippen molar-refractivity contribution in [1.29, 1.82) is 0 Å². The van der Waals surface area contributed by atoms with Gasteiger partial charge in [-0.05, 0) is 99.1 Å². The van der Waals surface area contributed by atoms with Crippen molar-refractivity contribution >= 4 is 41.2 Å². The highest BCUT2D eigenvalue weighted by molar-refractivity contribution is 7.99. The number of thioether (sulfide) groups is 2. The van der Waals surface area contributed by atoms with Gasteiger partial charge in [-0.25, -0.2) is 0 Å². The number of unbranched alkanes of at least 4 members (excludes halogenated alkanes) is 22. The van der Waals surface area contributed by atoms with E-state index in [1.807, 2.05) is 0 Å². The maximum Gasteiger partial charge on any atom is 0.303 e. The molecule has 0 saturated carbocycles. The monoisotopic (exact) mass is 799 g/mol. The van der Waals surface area contributed by atoms with Crippen LogP contribution in [0.15, 0.2) is 0 Å². The molecule has 0 aromatic heterocycles. The summed E-state index contributed by atoms with van der Waals surface area (Å²) in [6.07, 6.45) is 41.8. The Bertz CT molecular complexity index is 758. The molecular weight excluding hydrogens is 709 g/mol. The normalized spacial score (nSPS) is 12.6. The lowest BCUT2D eigenvalue weighted by Crippen LogP contribution is -2.06. The van der Waals surface area contributed by atoms with E-state index in [1.165, 1.54) is 190 Å². The molecule has 0 aliphatic rings. The molecule has 0 heterocycles. The quantitative estimate of drug-likeness (QED) is 0.0593. The molecule has 0 radical (unpaired) electrons. The zero-order chi connectivity index (χ0) is 39.6. The molecule has 0 aliphatic heterocycles. The fourth-order valence-electron chi connectivity index (χ4n) is 7.56. The van der Waals surface area contributed by atoms with Crippen LogP contribution in [0.3, 0.4) is 0 Å². The molecule has 2 atom stereocenters. The summed E-state index contributed by atoms with van der Waals surface area (Å²) in [6, 6.07) is 0. The number of carbonyl (C=O) groups is 3. The topological polar surface area (TPSA) is 91.7 Å². The van der Waals surface area contributed by atoms with Crippen LogP contribution in [0, 0.1) is 11.8 Å². The Morgan fingerprint density at radius 3 is 0.981 bits per heavy atom. The van der Waals surface area contributed by atoms with Crippen molar-refractivity contribution in [3.8, 4) is 0 Å². The third-order valence-corrected chi connectivity index (χ3v) is 13.7. The van der Waals surface area contributed by atoms with Gasteiger partial charge in [-0.15, -0.1) is 0 Å². The van der Waals surface area contributed by atoms with Gasteiger partial charge < -0.3 is 10.2 Å². The van der Waals surface area contributed by atoms with Crippen LogP contribution in [0.2, 0.25) is 0 Å². The highest BCUT2D eigenvalue weighted by atomic mass is 32.2. The fraction of sp³-hybridized carbons (Fsp3) is 0.936. The first-order chi connectivity index (χ1) is 26.4. The number of ketones is 1. The Morgan fingerprint density at radius 1 is 0.370 bits per heavy atom. The van der Waals surface area contributed by atoms with Gasteiger partial charge in [-0.1, -0.05) is 155 Å². The third-order valence-electron chi connectivity index (χ3n) is 11.1. The van der Waals surface area contributed by atoms with Gasteiger partial charge in [0.05, 0.1) is 0 Å². The number of hydrogen-bond acceptors (Lipinski definition) is 5. The Balaban J connectivity index is 4.24. The van der Waals surface area contributed by atoms with Crippen LogP contribution in [0.5, 0.6) is 0 Å². The molecule has 54 heavy (non-hydrogen) atoms. The number of rotatable bonds is 46. The second-order valence-corrected chi connectivity index (χ2v) is 18.9. The molecule has 0 bridgehead atoms. The summed E-state index contributed by atoms with van der Waals surface area (Å²) in [5.41, 5.74) is 0. The van der Waals surface area contributed by atoms with Crippen molar-refractivity contribution in [3.63, 3.8) is 0 Å². The van der Waals surface area contributed by atoms with E-state index in [9.17, 15) is 14.4 Å². The first-order valence-corrected chi connectivity index (χ1v) is 25.8. The summed E-state index contributed by atoms with van der Waals surface area (Å²) >= 11 is 4.35. The standard InChI is InChI=1S/C47H90O5S2/c1-3-5-7-29-39-53-41-43(31-21-15-11-9-13-17-27-37-46(49)50)33-23-19-25-35-45(48)36-26-20-24-34-44(42-54-40-30-8-6-4-2)32-22-16-12-10-14-18-28-38-47(51)52/h43-44H,3-42H2,1-2H3,(H,49,50)(H,51,52). The maximum absolute atomic E-state index is 12.7. The van der Waals surface area contributed by atoms with Gasteiger partial charge in [0.1, 0.15) is 5.78 Å². The largest absolute Gasteiger partial charge is 0.481 e. The van der Waals surface area contributed by atoms with E-state index in [4.69, 9.17) is 10.2 Å². The number of Topliss-reactive ketones (excluding diaryl/α,β-unsaturated/α-hetero) is 1. The van der Waals surface area contributed by atoms with E-state index in [0.29, 0.717) is 18.6 Å². The lowest BCUT2D eigenvalue weighted by atomic mass is 9.94. The van der Waals surface area contributed by atoms with Crippen LogP contribution in [0.4, 0.5) is 0 Å². The van der Waals surface area contributed by atoms with E-state index in [0.717, 1.165) is 63.2 Å². The zero-order valence-electron chi connectivity index (χ0n) is 35.9. The minimum Gasteiger partial charge on any atom is -0.481 e. The Hall–Kier alpha value is -0.690. The predicted octanol–water partition coefficient (Wildman–Crippen LogP) is 15.5. The second kappa shape index (κ2) is 43.4. The number of aliphatic carboxylic acids is 2. The summed E-state index contributed by atoms with van der Waals surface area (Å²) in [4.78, 5) is 34.1. The first kappa shape index (κ1) is 53.3. The minimum atomic E-state index is -0.668. The molecule has 320 valence electrons. The predicted molar refractivity (Wildman–Crippen MR) is 239 cm³/mol. The molecule has 0 fully saturated rings. The lowest BCUT2D eigenvalue weighted by molar-refractivity contribution is -0.138. The molecule has 5 nitrogen and oxygen atoms in total. The van der Waals surface area contributed by atoms with E-state index in [-0.39, 0.29) is 0 Å². The van der Waals surface area contributed by atoms with Crippen molar-refractivity contribution in [1.82, 2.24) is 0 Å². The van der Waals surface area contributed by atoms with Gasteiger partial charge in [0, 0.05) is 25.7 Å². The van der Waals surface area contributed by atoms with Crippen molar-refractivity contribution < 1.29 is 24.6 Å². The molecule has 2 N–H and O–H groups in total. The van der Waals surface area contributed by atoms with Crippen LogP contribution in [0.1, 0.15) is 245 Å². The summed E-state index contributed by atoms with van der Waals surface area (Å²) in [5, 5.41) is 17.6. The van der Waals surface area contributed by atoms with Crippen LogP contribution < -0.4 is 0 Å². The average Bonchev–Trinajstić information content (AvgIpc) is 3.14. The SMILES string of the molecule is CCCCCCSCC(CCCCCCCCCC(=O)O)CCCCCC(=O)CCCCCC(CCCCCCCCCC(=O)O)CSCCCCCC. The van der Waals surface area contributed by atoms with Crippen LogP contribution in [-0.2, 0) is 14.4 Å². The molecular formula is C47H90O5S2. The van der Waals surface area contributed by atoms with E-state index in [2.05, 4.69) is 37.4 Å². The van der Waals surface area contributed by atoms with Crippen molar-refractivity contribution in [2.45, 2.75) is 245 Å². The summed E-state index contributed by atoms with van der Waals surface area (Å²) < 4.78 is 0. The van der Waals surface area contributed by atoms with Crippen molar-refractivity contribution in [3.05, 3.63) is 0 Å². The van der Waals surface area contributed by atoms with Gasteiger partial charge in [0.15, 0.2) is 0 Å². The highest BCUT2D eigenvalue weighted by Crippen LogP contribution is 2.26. The Kier molecular flexibility index (Phi) is 42.9. The van der Waals surface area contributed by atoms with Gasteiger partial charge in [-0.3, -0.25) is 14.4 Å². The number of hydrogen-bond donors (Lipinski definition) is 2. The van der Waals surface area contributed by atoms with Crippen LogP contribution in [0.25, 0.3) is 0 Å². The molecule has 7 heteroatoms. The fourth-order valence-corrected chi connectivity index (χ4v) is 10.0. The average molecular weight is 799 g/mol. The molecule has 0 aromatic carbocycles. The number of carboxylic acid groups (broad SMARTS) is 2. The number of carboxylic acids is 2. The minimum absolute atomic E-state index is 0.315. The Morgan fingerprint density at radius 2 is 0.648 bits per heavy atom. The highest BCUT2D eigenvalue weighted by Gasteiger charge is 2.12.